The van der Waals surface area contributed by atoms with E-state index in [1.54, 1.807) is 37.3 Å². The number of carbonyl (C=O) groups is 3. The molecule has 1 N–H and O–H groups in total. The van der Waals surface area contributed by atoms with E-state index in [0.29, 0.717) is 12.0 Å². The summed E-state index contributed by atoms with van der Waals surface area (Å²) in [7, 11) is 0. The first-order chi connectivity index (χ1) is 12.9. The largest absolute Gasteiger partial charge is 0.391 e. The van der Waals surface area contributed by atoms with Crippen molar-refractivity contribution in [3.8, 4) is 0 Å². The Hall–Kier alpha value is -2.42. The van der Waals surface area contributed by atoms with Crippen molar-refractivity contribution in [2.75, 3.05) is 0 Å². The van der Waals surface area contributed by atoms with Crippen LogP contribution in [0.15, 0.2) is 30.3 Å². The topological polar surface area (TPSA) is 75.7 Å². The number of amides is 2. The number of Topliss-reactive ketones (excluding diaryl/α,β-unsaturated/α-hetero) is 1. The monoisotopic (exact) mass is 402 g/mol. The fourth-order valence-corrected chi connectivity index (χ4v) is 2.48. The molecule has 1 rings (SSSR count). The summed E-state index contributed by atoms with van der Waals surface area (Å²) in [6.07, 6.45) is -6.09. The number of hydrogen-bond donors (Lipinski definition) is 1. The summed E-state index contributed by atoms with van der Waals surface area (Å²) in [6, 6.07) is 6.03. The number of nitrogens with one attached hydrogen (secondary N) is 1. The number of hydroxylamine groups is 2. The number of halogens is 3. The molecule has 28 heavy (non-hydrogen) atoms. The van der Waals surface area contributed by atoms with Crippen LogP contribution in [0.2, 0.25) is 0 Å². The lowest BCUT2D eigenvalue weighted by Crippen LogP contribution is -2.51. The van der Waals surface area contributed by atoms with Gasteiger partial charge in [-0.25, -0.2) is 5.06 Å². The molecular weight excluding hydrogens is 377 g/mol. The van der Waals surface area contributed by atoms with Crippen LogP contribution in [0.3, 0.4) is 0 Å². The fraction of sp³-hybridized carbons (Fsp3) is 0.526. The van der Waals surface area contributed by atoms with Crippen LogP contribution in [0, 0.1) is 0 Å². The molecule has 0 aliphatic carbocycles. The molecule has 0 bridgehead atoms. The van der Waals surface area contributed by atoms with Gasteiger partial charge in [-0.05, 0) is 32.8 Å². The average molecular weight is 402 g/mol. The maximum absolute atomic E-state index is 13.0. The van der Waals surface area contributed by atoms with E-state index in [-0.39, 0.29) is 11.5 Å². The Morgan fingerprint density at radius 3 is 2.18 bits per heavy atom. The van der Waals surface area contributed by atoms with E-state index in [2.05, 4.69) is 5.32 Å². The molecule has 0 radical (unpaired) electrons. The molecule has 0 saturated carbocycles. The summed E-state index contributed by atoms with van der Waals surface area (Å²) in [5.74, 6) is -2.61. The van der Waals surface area contributed by atoms with Gasteiger partial charge in [-0.3, -0.25) is 19.2 Å². The summed E-state index contributed by atoms with van der Waals surface area (Å²) in [5.41, 5.74) is -0.339. The van der Waals surface area contributed by atoms with E-state index in [4.69, 9.17) is 4.84 Å². The van der Waals surface area contributed by atoms with Gasteiger partial charge < -0.3 is 5.32 Å². The van der Waals surface area contributed by atoms with Gasteiger partial charge in [0.2, 0.25) is 12.2 Å². The minimum absolute atomic E-state index is 0.0265. The third-order valence-electron chi connectivity index (χ3n) is 3.66. The minimum atomic E-state index is -4.79. The zero-order valence-electron chi connectivity index (χ0n) is 16.2. The Kier molecular flexibility index (Phi) is 8.16. The van der Waals surface area contributed by atoms with Gasteiger partial charge in [0.1, 0.15) is 6.04 Å². The van der Waals surface area contributed by atoms with Gasteiger partial charge in [-0.2, -0.15) is 13.2 Å². The fourth-order valence-electron chi connectivity index (χ4n) is 2.48. The van der Waals surface area contributed by atoms with Crippen LogP contribution in [0.5, 0.6) is 0 Å². The predicted molar refractivity (Wildman–Crippen MR) is 95.8 cm³/mol. The number of benzene rings is 1. The molecule has 1 aromatic rings. The highest BCUT2D eigenvalue weighted by molar-refractivity contribution is 6.38. The van der Waals surface area contributed by atoms with Crippen LogP contribution in [-0.2, 0) is 19.2 Å². The molecule has 2 atom stereocenters. The van der Waals surface area contributed by atoms with Gasteiger partial charge in [0.05, 0.1) is 18.1 Å². The van der Waals surface area contributed by atoms with Crippen molar-refractivity contribution in [2.24, 2.45) is 0 Å². The highest BCUT2D eigenvalue weighted by Crippen LogP contribution is 2.26. The Morgan fingerprint density at radius 2 is 1.75 bits per heavy atom. The van der Waals surface area contributed by atoms with Crippen LogP contribution in [0.25, 0.3) is 0 Å². The van der Waals surface area contributed by atoms with E-state index in [9.17, 15) is 27.6 Å². The zero-order valence-corrected chi connectivity index (χ0v) is 16.2. The Balaban J connectivity index is 3.06. The highest BCUT2D eigenvalue weighted by atomic mass is 19.4. The highest BCUT2D eigenvalue weighted by Gasteiger charge is 2.42. The minimum Gasteiger partial charge on any atom is -0.343 e. The lowest BCUT2D eigenvalue weighted by Gasteiger charge is -2.32. The lowest BCUT2D eigenvalue weighted by atomic mass is 10.0. The maximum Gasteiger partial charge on any atom is 0.391 e. The SMILES string of the molecule is CC[C@@H](NC(=O)C(=O)[C@H](CC(F)(F)F)N(C=O)OC(C)(C)C)c1ccccc1. The van der Waals surface area contributed by atoms with Crippen LogP contribution < -0.4 is 5.32 Å². The normalized spacial score (nSPS) is 14.1. The van der Waals surface area contributed by atoms with Gasteiger partial charge in [0.25, 0.3) is 5.91 Å². The van der Waals surface area contributed by atoms with Crippen molar-refractivity contribution < 1.29 is 32.4 Å². The average Bonchev–Trinajstić information content (AvgIpc) is 2.60. The van der Waals surface area contributed by atoms with E-state index >= 15 is 0 Å². The summed E-state index contributed by atoms with van der Waals surface area (Å²) in [6.45, 7) is 6.26. The van der Waals surface area contributed by atoms with Gasteiger partial charge >= 0.3 is 6.18 Å². The molecule has 0 heterocycles. The van der Waals surface area contributed by atoms with E-state index in [0.717, 1.165) is 0 Å². The maximum atomic E-state index is 13.0. The summed E-state index contributed by atoms with van der Waals surface area (Å²) < 4.78 is 38.9. The van der Waals surface area contributed by atoms with E-state index in [1.165, 1.54) is 20.8 Å². The summed E-state index contributed by atoms with van der Waals surface area (Å²) in [4.78, 5) is 41.3. The second-order valence-corrected chi connectivity index (χ2v) is 7.21. The molecule has 0 aromatic heterocycles. The zero-order chi connectivity index (χ0) is 21.5. The first-order valence-corrected chi connectivity index (χ1v) is 8.77. The van der Waals surface area contributed by atoms with Crippen molar-refractivity contribution in [1.29, 1.82) is 0 Å². The van der Waals surface area contributed by atoms with Gasteiger partial charge in [0, 0.05) is 0 Å². The van der Waals surface area contributed by atoms with Gasteiger partial charge in [-0.15, -0.1) is 0 Å². The molecule has 0 aliphatic rings. The number of alkyl halides is 3. The standard InChI is InChI=1S/C19H25F3N2O4/c1-5-14(13-9-7-6-8-10-13)23-17(27)16(26)15(11-19(20,21)22)24(12-25)28-18(2,3)4/h6-10,12,14-15H,5,11H2,1-4H3,(H,23,27)/t14-,15+/m1/s1. The quantitative estimate of drug-likeness (QED) is 0.391. The van der Waals surface area contributed by atoms with Crippen molar-refractivity contribution in [2.45, 2.75) is 64.4 Å². The Bertz CT molecular complexity index is 672. The van der Waals surface area contributed by atoms with Crippen molar-refractivity contribution in [3.05, 3.63) is 35.9 Å². The van der Waals surface area contributed by atoms with Crippen LogP contribution in [0.1, 0.15) is 52.1 Å². The molecule has 0 fully saturated rings. The molecule has 1 aromatic carbocycles. The molecule has 9 heteroatoms. The molecule has 0 spiro atoms. The number of hydrogen-bond acceptors (Lipinski definition) is 4. The summed E-state index contributed by atoms with van der Waals surface area (Å²) >= 11 is 0. The van der Waals surface area contributed by atoms with Crippen molar-refractivity contribution >= 4 is 18.1 Å². The number of nitrogens with zero attached hydrogens (tertiary/aromatic N) is 1. The van der Waals surface area contributed by atoms with Gasteiger partial charge in [-0.1, -0.05) is 37.3 Å². The van der Waals surface area contributed by atoms with Crippen LogP contribution in [-0.4, -0.2) is 41.0 Å². The molecule has 0 unspecified atom stereocenters. The number of rotatable bonds is 9. The van der Waals surface area contributed by atoms with Crippen LogP contribution in [0.4, 0.5) is 13.2 Å². The van der Waals surface area contributed by atoms with Gasteiger partial charge in [0.15, 0.2) is 0 Å². The first kappa shape index (κ1) is 23.6. The molecule has 0 saturated heterocycles. The molecular formula is C19H25F3N2O4. The first-order valence-electron chi connectivity index (χ1n) is 8.77. The molecule has 2 amide bonds. The van der Waals surface area contributed by atoms with E-state index < -0.39 is 42.0 Å². The van der Waals surface area contributed by atoms with E-state index in [1.807, 2.05) is 0 Å². The van der Waals surface area contributed by atoms with Crippen LogP contribution >= 0.6 is 0 Å². The molecule has 156 valence electrons. The summed E-state index contributed by atoms with van der Waals surface area (Å²) in [5, 5.41) is 2.70. The Labute approximate surface area is 162 Å². The smallest absolute Gasteiger partial charge is 0.343 e. The molecule has 6 nitrogen and oxygen atoms in total. The number of carbonyl (C=O) groups excluding carboxylic acids is 3. The second-order valence-electron chi connectivity index (χ2n) is 7.21. The van der Waals surface area contributed by atoms with Crippen molar-refractivity contribution in [3.63, 3.8) is 0 Å². The van der Waals surface area contributed by atoms with Crippen molar-refractivity contribution in [1.82, 2.24) is 10.4 Å². The lowest BCUT2D eigenvalue weighted by molar-refractivity contribution is -0.244. The Morgan fingerprint density at radius 1 is 1.18 bits per heavy atom. The predicted octanol–water partition coefficient (Wildman–Crippen LogP) is 3.33. The second kappa shape index (κ2) is 9.68. The third-order valence-corrected chi connectivity index (χ3v) is 3.66. The molecule has 0 aliphatic heterocycles. The third kappa shape index (κ3) is 7.67. The number of ketones is 1.